The summed E-state index contributed by atoms with van der Waals surface area (Å²) in [5.74, 6) is 3.38. The summed E-state index contributed by atoms with van der Waals surface area (Å²) in [5, 5.41) is 3.40. The normalized spacial score (nSPS) is 20.5. The van der Waals surface area contributed by atoms with Gasteiger partial charge < -0.3 is 10.1 Å². The van der Waals surface area contributed by atoms with E-state index < -0.39 is 0 Å². The molecule has 1 rings (SSSR count). The van der Waals surface area contributed by atoms with Crippen molar-refractivity contribution in [1.82, 2.24) is 5.32 Å². The number of thioether (sulfide) groups is 1. The second-order valence-electron chi connectivity index (χ2n) is 3.84. The molecule has 0 aromatic rings. The molecular formula is C11H21NO2S. The van der Waals surface area contributed by atoms with E-state index in [4.69, 9.17) is 4.74 Å². The van der Waals surface area contributed by atoms with Gasteiger partial charge in [-0.2, -0.15) is 11.8 Å². The van der Waals surface area contributed by atoms with Crippen molar-refractivity contribution in [2.45, 2.75) is 26.2 Å². The van der Waals surface area contributed by atoms with Gasteiger partial charge >= 0.3 is 5.97 Å². The molecule has 1 aliphatic rings. The van der Waals surface area contributed by atoms with Crippen LogP contribution in [0.15, 0.2) is 0 Å². The largest absolute Gasteiger partial charge is 0.466 e. The Morgan fingerprint density at radius 2 is 2.47 bits per heavy atom. The maximum absolute atomic E-state index is 11.0. The van der Waals surface area contributed by atoms with Crippen molar-refractivity contribution in [3.63, 3.8) is 0 Å². The molecule has 1 aliphatic heterocycles. The van der Waals surface area contributed by atoms with Gasteiger partial charge in [-0.25, -0.2) is 0 Å². The average molecular weight is 231 g/mol. The zero-order valence-electron chi connectivity index (χ0n) is 9.46. The van der Waals surface area contributed by atoms with Crippen molar-refractivity contribution >= 4 is 17.7 Å². The Bertz CT molecular complexity index is 181. The molecular weight excluding hydrogens is 210 g/mol. The minimum absolute atomic E-state index is 0.0734. The van der Waals surface area contributed by atoms with Gasteiger partial charge in [-0.3, -0.25) is 4.79 Å². The van der Waals surface area contributed by atoms with E-state index in [1.165, 1.54) is 17.9 Å². The summed E-state index contributed by atoms with van der Waals surface area (Å²) in [7, 11) is 0. The number of rotatable bonds is 7. The van der Waals surface area contributed by atoms with Gasteiger partial charge in [0.25, 0.3) is 0 Å². The second kappa shape index (κ2) is 7.99. The molecule has 88 valence electrons. The third kappa shape index (κ3) is 6.05. The molecule has 1 N–H and O–H groups in total. The molecule has 15 heavy (non-hydrogen) atoms. The van der Waals surface area contributed by atoms with Crippen LogP contribution >= 0.6 is 11.8 Å². The van der Waals surface area contributed by atoms with Crippen molar-refractivity contribution < 1.29 is 9.53 Å². The average Bonchev–Trinajstić information content (AvgIpc) is 2.70. The minimum Gasteiger partial charge on any atom is -0.466 e. The van der Waals surface area contributed by atoms with Crippen LogP contribution in [-0.4, -0.2) is 37.2 Å². The molecule has 1 saturated heterocycles. The van der Waals surface area contributed by atoms with Crippen LogP contribution in [0.5, 0.6) is 0 Å². The third-order valence-electron chi connectivity index (χ3n) is 2.50. The summed E-state index contributed by atoms with van der Waals surface area (Å²) < 4.78 is 4.85. The van der Waals surface area contributed by atoms with Crippen LogP contribution in [0.4, 0.5) is 0 Å². The summed E-state index contributed by atoms with van der Waals surface area (Å²) in [5.41, 5.74) is 0. The van der Waals surface area contributed by atoms with Crippen LogP contribution in [0.1, 0.15) is 26.2 Å². The smallest absolute Gasteiger partial charge is 0.305 e. The number of hydrogen-bond acceptors (Lipinski definition) is 4. The highest BCUT2D eigenvalue weighted by Crippen LogP contribution is 2.22. The molecule has 0 saturated carbocycles. The van der Waals surface area contributed by atoms with Crippen molar-refractivity contribution in [2.75, 3.05) is 31.2 Å². The molecule has 0 aromatic carbocycles. The number of nitrogens with one attached hydrogen (secondary N) is 1. The van der Waals surface area contributed by atoms with E-state index in [1.807, 2.05) is 18.7 Å². The molecule has 1 heterocycles. The maximum Gasteiger partial charge on any atom is 0.305 e. The Hall–Kier alpha value is -0.220. The van der Waals surface area contributed by atoms with Gasteiger partial charge in [-0.1, -0.05) is 0 Å². The number of carbonyl (C=O) groups excluding carboxylic acids is 1. The van der Waals surface area contributed by atoms with Gasteiger partial charge in [0.1, 0.15) is 0 Å². The van der Waals surface area contributed by atoms with Crippen LogP contribution in [0.3, 0.4) is 0 Å². The van der Waals surface area contributed by atoms with Crippen molar-refractivity contribution in [3.05, 3.63) is 0 Å². The number of carbonyl (C=O) groups is 1. The molecule has 3 nitrogen and oxygen atoms in total. The van der Waals surface area contributed by atoms with E-state index in [0.717, 1.165) is 25.4 Å². The first-order valence-corrected chi connectivity index (χ1v) is 6.92. The molecule has 0 aromatic heterocycles. The molecule has 1 atom stereocenters. The molecule has 0 radical (unpaired) electrons. The van der Waals surface area contributed by atoms with Crippen LogP contribution in [-0.2, 0) is 9.53 Å². The highest BCUT2D eigenvalue weighted by molar-refractivity contribution is 7.99. The van der Waals surface area contributed by atoms with Gasteiger partial charge in [0.15, 0.2) is 0 Å². The zero-order valence-corrected chi connectivity index (χ0v) is 10.3. The highest BCUT2D eigenvalue weighted by Gasteiger charge is 2.14. The summed E-state index contributed by atoms with van der Waals surface area (Å²) in [6, 6.07) is 0. The van der Waals surface area contributed by atoms with Crippen molar-refractivity contribution in [3.8, 4) is 0 Å². The van der Waals surface area contributed by atoms with E-state index in [1.54, 1.807) is 0 Å². The first-order valence-electron chi connectivity index (χ1n) is 5.77. The molecule has 1 unspecified atom stereocenters. The predicted molar refractivity (Wildman–Crippen MR) is 64.2 cm³/mol. The first kappa shape index (κ1) is 12.8. The molecule has 0 aliphatic carbocycles. The minimum atomic E-state index is -0.0734. The lowest BCUT2D eigenvalue weighted by Gasteiger charge is -2.09. The fraction of sp³-hybridized carbons (Fsp3) is 0.909. The highest BCUT2D eigenvalue weighted by atomic mass is 32.2. The topological polar surface area (TPSA) is 38.3 Å². The first-order chi connectivity index (χ1) is 7.33. The third-order valence-corrected chi connectivity index (χ3v) is 3.73. The van der Waals surface area contributed by atoms with Gasteiger partial charge in [0, 0.05) is 6.42 Å². The summed E-state index contributed by atoms with van der Waals surface area (Å²) in [6.07, 6.45) is 2.77. The van der Waals surface area contributed by atoms with Gasteiger partial charge in [-0.05, 0) is 50.3 Å². The monoisotopic (exact) mass is 231 g/mol. The Labute approximate surface area is 96.3 Å². The Balaban J connectivity index is 1.86. The zero-order chi connectivity index (χ0) is 10.9. The Kier molecular flexibility index (Phi) is 6.85. The van der Waals surface area contributed by atoms with Gasteiger partial charge in [0.2, 0.25) is 0 Å². The number of ether oxygens (including phenoxy) is 1. The van der Waals surface area contributed by atoms with Crippen molar-refractivity contribution in [2.24, 2.45) is 5.92 Å². The van der Waals surface area contributed by atoms with Crippen LogP contribution in [0.25, 0.3) is 0 Å². The van der Waals surface area contributed by atoms with Crippen LogP contribution in [0, 0.1) is 5.92 Å². The Morgan fingerprint density at radius 1 is 1.60 bits per heavy atom. The maximum atomic E-state index is 11.0. The van der Waals surface area contributed by atoms with Crippen LogP contribution in [0.2, 0.25) is 0 Å². The summed E-state index contributed by atoms with van der Waals surface area (Å²) >= 11 is 2.04. The quantitative estimate of drug-likeness (QED) is 0.534. The van der Waals surface area contributed by atoms with E-state index in [0.29, 0.717) is 13.0 Å². The van der Waals surface area contributed by atoms with Gasteiger partial charge in [0.05, 0.1) is 6.61 Å². The summed E-state index contributed by atoms with van der Waals surface area (Å²) in [6.45, 7) is 4.37. The fourth-order valence-corrected chi connectivity index (χ4v) is 2.93. The lowest BCUT2D eigenvalue weighted by molar-refractivity contribution is -0.143. The molecule has 0 spiro atoms. The molecule has 1 fully saturated rings. The Morgan fingerprint density at radius 3 is 3.13 bits per heavy atom. The SMILES string of the molecule is CCOC(=O)CCCNCC1CCSC1. The van der Waals surface area contributed by atoms with Gasteiger partial charge in [-0.15, -0.1) is 0 Å². The molecule has 0 amide bonds. The fourth-order valence-electron chi connectivity index (χ4n) is 1.64. The van der Waals surface area contributed by atoms with E-state index in [2.05, 4.69) is 5.32 Å². The van der Waals surface area contributed by atoms with E-state index >= 15 is 0 Å². The van der Waals surface area contributed by atoms with Crippen molar-refractivity contribution in [1.29, 1.82) is 0 Å². The second-order valence-corrected chi connectivity index (χ2v) is 4.99. The predicted octanol–water partition coefficient (Wildman–Crippen LogP) is 1.67. The number of esters is 1. The lowest BCUT2D eigenvalue weighted by atomic mass is 10.1. The standard InChI is InChI=1S/C11H21NO2S/c1-2-14-11(13)4-3-6-12-8-10-5-7-15-9-10/h10,12H,2-9H2,1H3. The molecule has 0 bridgehead atoms. The van der Waals surface area contributed by atoms with E-state index in [-0.39, 0.29) is 5.97 Å². The van der Waals surface area contributed by atoms with Crippen LogP contribution < -0.4 is 5.32 Å². The molecule has 4 heteroatoms. The van der Waals surface area contributed by atoms with E-state index in [9.17, 15) is 4.79 Å². The number of hydrogen-bond donors (Lipinski definition) is 1. The lowest BCUT2D eigenvalue weighted by Crippen LogP contribution is -2.24. The summed E-state index contributed by atoms with van der Waals surface area (Å²) in [4.78, 5) is 11.0.